The summed E-state index contributed by atoms with van der Waals surface area (Å²) < 4.78 is 2.13. The Morgan fingerprint density at radius 1 is 1.42 bits per heavy atom. The molecule has 0 fully saturated rings. The third-order valence-electron chi connectivity index (χ3n) is 3.31. The summed E-state index contributed by atoms with van der Waals surface area (Å²) in [6.07, 6.45) is 0.994. The van der Waals surface area contributed by atoms with Gasteiger partial charge >= 0.3 is 0 Å². The lowest BCUT2D eigenvalue weighted by atomic mass is 10.2. The van der Waals surface area contributed by atoms with Crippen molar-refractivity contribution in [3.63, 3.8) is 0 Å². The van der Waals surface area contributed by atoms with Crippen LogP contribution in [0.2, 0.25) is 0 Å². The van der Waals surface area contributed by atoms with Crippen molar-refractivity contribution in [2.75, 3.05) is 14.1 Å². The molecule has 0 aliphatic heterocycles. The molecule has 0 aliphatic carbocycles. The Morgan fingerprint density at radius 2 is 2.11 bits per heavy atom. The first-order valence-electron chi connectivity index (χ1n) is 6.44. The van der Waals surface area contributed by atoms with Crippen LogP contribution < -0.4 is 5.73 Å². The van der Waals surface area contributed by atoms with Crippen molar-refractivity contribution in [2.24, 2.45) is 5.73 Å². The van der Waals surface area contributed by atoms with Gasteiger partial charge in [0.1, 0.15) is 5.82 Å². The lowest BCUT2D eigenvalue weighted by molar-refractivity contribution is 0.275. The molecule has 0 aliphatic rings. The van der Waals surface area contributed by atoms with Gasteiger partial charge in [-0.25, -0.2) is 4.98 Å². The molecule has 4 nitrogen and oxygen atoms in total. The fourth-order valence-electron chi connectivity index (χ4n) is 2.45. The standard InChI is InChI=1S/C14H20N4S/c1-4-11(17(2)3)14-16-10-7-5-6-8-12(10)18(14)9-13(15)19/h5-8,11H,4,9H2,1-3H3,(H2,15,19). The Morgan fingerprint density at radius 3 is 2.68 bits per heavy atom. The summed E-state index contributed by atoms with van der Waals surface area (Å²) in [6.45, 7) is 2.70. The first kappa shape index (κ1) is 14.0. The van der Waals surface area contributed by atoms with E-state index >= 15 is 0 Å². The maximum absolute atomic E-state index is 5.73. The predicted octanol–water partition coefficient (Wildman–Crippen LogP) is 2.34. The number of imidazole rings is 1. The Kier molecular flexibility index (Phi) is 4.17. The summed E-state index contributed by atoms with van der Waals surface area (Å²) in [4.78, 5) is 7.43. The topological polar surface area (TPSA) is 47.1 Å². The second-order valence-corrected chi connectivity index (χ2v) is 5.42. The number of fused-ring (bicyclic) bond motifs is 1. The average Bonchev–Trinajstić information content (AvgIpc) is 2.68. The zero-order valence-corrected chi connectivity index (χ0v) is 12.4. The molecule has 0 saturated heterocycles. The van der Waals surface area contributed by atoms with Gasteiger partial charge in [-0.05, 0) is 32.6 Å². The number of rotatable bonds is 5. The molecule has 0 radical (unpaired) electrons. The molecule has 0 amide bonds. The molecule has 0 saturated carbocycles. The average molecular weight is 276 g/mol. The molecule has 2 N–H and O–H groups in total. The number of nitrogens with zero attached hydrogens (tertiary/aromatic N) is 3. The smallest absolute Gasteiger partial charge is 0.127 e. The normalized spacial score (nSPS) is 13.1. The highest BCUT2D eigenvalue weighted by Crippen LogP contribution is 2.25. The fourth-order valence-corrected chi connectivity index (χ4v) is 2.58. The van der Waals surface area contributed by atoms with E-state index in [9.17, 15) is 0 Å². The summed E-state index contributed by atoms with van der Waals surface area (Å²) in [5.74, 6) is 1.03. The van der Waals surface area contributed by atoms with Gasteiger partial charge in [0.05, 0.1) is 28.6 Å². The van der Waals surface area contributed by atoms with Crippen molar-refractivity contribution in [2.45, 2.75) is 25.9 Å². The van der Waals surface area contributed by atoms with E-state index in [1.165, 1.54) is 0 Å². The highest BCUT2D eigenvalue weighted by Gasteiger charge is 2.20. The van der Waals surface area contributed by atoms with Crippen LogP contribution >= 0.6 is 12.2 Å². The monoisotopic (exact) mass is 276 g/mol. The molecule has 1 aromatic carbocycles. The second kappa shape index (κ2) is 5.67. The van der Waals surface area contributed by atoms with Crippen LogP contribution in [0.15, 0.2) is 24.3 Å². The molecule has 2 aromatic rings. The first-order valence-corrected chi connectivity index (χ1v) is 6.85. The fraction of sp³-hybridized carbons (Fsp3) is 0.429. The summed E-state index contributed by atoms with van der Waals surface area (Å²) in [5, 5.41) is 0. The maximum Gasteiger partial charge on any atom is 0.127 e. The molecular formula is C14H20N4S. The second-order valence-electron chi connectivity index (χ2n) is 4.90. The predicted molar refractivity (Wildman–Crippen MR) is 83.2 cm³/mol. The van der Waals surface area contributed by atoms with E-state index in [0.717, 1.165) is 23.3 Å². The Hall–Kier alpha value is -1.46. The molecule has 1 aromatic heterocycles. The maximum atomic E-state index is 5.73. The summed E-state index contributed by atoms with van der Waals surface area (Å²) >= 11 is 5.07. The van der Waals surface area contributed by atoms with Crippen LogP contribution in [-0.2, 0) is 6.54 Å². The SMILES string of the molecule is CCC(c1nc2ccccc2n1CC(N)=S)N(C)C. The van der Waals surface area contributed by atoms with Crippen molar-refractivity contribution >= 4 is 28.2 Å². The van der Waals surface area contributed by atoms with Gasteiger partial charge in [0.2, 0.25) is 0 Å². The third kappa shape index (κ3) is 2.77. The Labute approximate surface area is 119 Å². The molecule has 2 rings (SSSR count). The first-order chi connectivity index (χ1) is 9.04. The molecule has 0 spiro atoms. The minimum absolute atomic E-state index is 0.266. The number of aromatic nitrogens is 2. The van der Waals surface area contributed by atoms with Crippen LogP contribution in [0.3, 0.4) is 0 Å². The number of hydrogen-bond acceptors (Lipinski definition) is 3. The number of thiocarbonyl (C=S) groups is 1. The van der Waals surface area contributed by atoms with Crippen LogP contribution in [0.4, 0.5) is 0 Å². The van der Waals surface area contributed by atoms with E-state index in [1.54, 1.807) is 0 Å². The number of para-hydroxylation sites is 2. The van der Waals surface area contributed by atoms with Gasteiger partial charge in [0.25, 0.3) is 0 Å². The third-order valence-corrected chi connectivity index (χ3v) is 3.44. The van der Waals surface area contributed by atoms with Gasteiger partial charge < -0.3 is 10.3 Å². The largest absolute Gasteiger partial charge is 0.392 e. The zero-order valence-electron chi connectivity index (χ0n) is 11.6. The van der Waals surface area contributed by atoms with Crippen molar-refractivity contribution in [3.8, 4) is 0 Å². The number of benzene rings is 1. The van der Waals surface area contributed by atoms with Gasteiger partial charge in [-0.1, -0.05) is 31.3 Å². The van der Waals surface area contributed by atoms with Gasteiger partial charge in [-0.15, -0.1) is 0 Å². The molecule has 1 unspecified atom stereocenters. The van der Waals surface area contributed by atoms with E-state index in [-0.39, 0.29) is 6.04 Å². The van der Waals surface area contributed by atoms with Gasteiger partial charge in [0.15, 0.2) is 0 Å². The van der Waals surface area contributed by atoms with Crippen molar-refractivity contribution < 1.29 is 0 Å². The molecule has 5 heteroatoms. The van der Waals surface area contributed by atoms with E-state index in [4.69, 9.17) is 22.9 Å². The van der Waals surface area contributed by atoms with E-state index < -0.39 is 0 Å². The van der Waals surface area contributed by atoms with E-state index in [2.05, 4.69) is 36.6 Å². The lowest BCUT2D eigenvalue weighted by Gasteiger charge is -2.23. The molecule has 19 heavy (non-hydrogen) atoms. The van der Waals surface area contributed by atoms with Gasteiger partial charge in [0, 0.05) is 0 Å². The van der Waals surface area contributed by atoms with Gasteiger partial charge in [-0.3, -0.25) is 4.90 Å². The van der Waals surface area contributed by atoms with Crippen molar-refractivity contribution in [3.05, 3.63) is 30.1 Å². The van der Waals surface area contributed by atoms with Gasteiger partial charge in [-0.2, -0.15) is 0 Å². The highest BCUT2D eigenvalue weighted by molar-refractivity contribution is 7.80. The molecule has 1 heterocycles. The van der Waals surface area contributed by atoms with E-state index in [1.807, 2.05) is 18.2 Å². The van der Waals surface area contributed by atoms with Crippen LogP contribution in [0.1, 0.15) is 25.2 Å². The zero-order chi connectivity index (χ0) is 14.0. The minimum Gasteiger partial charge on any atom is -0.392 e. The van der Waals surface area contributed by atoms with E-state index in [0.29, 0.717) is 11.5 Å². The molecular weight excluding hydrogens is 256 g/mol. The summed E-state index contributed by atoms with van der Waals surface area (Å²) in [6, 6.07) is 8.37. The minimum atomic E-state index is 0.266. The number of hydrogen-bond donors (Lipinski definition) is 1. The Balaban J connectivity index is 2.61. The van der Waals surface area contributed by atoms with Crippen LogP contribution in [0, 0.1) is 0 Å². The summed E-state index contributed by atoms with van der Waals surface area (Å²) in [5.41, 5.74) is 7.81. The lowest BCUT2D eigenvalue weighted by Crippen LogP contribution is -2.25. The number of nitrogens with two attached hydrogens (primary N) is 1. The Bertz CT molecular complexity index is 588. The van der Waals surface area contributed by atoms with Crippen LogP contribution in [0.25, 0.3) is 11.0 Å². The van der Waals surface area contributed by atoms with Crippen LogP contribution in [-0.4, -0.2) is 33.5 Å². The molecule has 0 bridgehead atoms. The quantitative estimate of drug-likeness (QED) is 0.852. The highest BCUT2D eigenvalue weighted by atomic mass is 32.1. The van der Waals surface area contributed by atoms with Crippen molar-refractivity contribution in [1.82, 2.24) is 14.5 Å². The molecule has 102 valence electrons. The van der Waals surface area contributed by atoms with Crippen molar-refractivity contribution in [1.29, 1.82) is 0 Å². The molecule has 1 atom stereocenters. The summed E-state index contributed by atoms with van der Waals surface area (Å²) in [7, 11) is 4.14. The van der Waals surface area contributed by atoms with Crippen LogP contribution in [0.5, 0.6) is 0 Å².